The van der Waals surface area contributed by atoms with Gasteiger partial charge in [0.15, 0.2) is 0 Å². The van der Waals surface area contributed by atoms with Crippen molar-refractivity contribution >= 4 is 6.09 Å². The van der Waals surface area contributed by atoms with Gasteiger partial charge in [-0.25, -0.2) is 4.79 Å². The maximum atomic E-state index is 12.9. The van der Waals surface area contributed by atoms with Crippen molar-refractivity contribution in [2.75, 3.05) is 26.2 Å². The Balaban J connectivity index is 1.76. The number of rotatable bonds is 4. The Hall–Kier alpha value is -1.63. The van der Waals surface area contributed by atoms with Gasteiger partial charge >= 0.3 is 6.09 Å². The van der Waals surface area contributed by atoms with E-state index in [1.54, 1.807) is 0 Å². The standard InChI is InChI=1S/C25H41N3O3/c1-19-14-25(6,30)12-13-26(19)17-22-18-28(23(29)31-24(3,4)5)20(2)15-27(22)16-21-10-8-7-9-11-21/h7-11,19-20,22,30H,12-18H2,1-6H3/t19-,20-,22+,25?/m1/s1. The zero-order chi connectivity index (χ0) is 22.8. The van der Waals surface area contributed by atoms with Crippen molar-refractivity contribution in [1.29, 1.82) is 0 Å². The number of benzene rings is 1. The minimum absolute atomic E-state index is 0.0920. The van der Waals surface area contributed by atoms with Gasteiger partial charge in [-0.15, -0.1) is 0 Å². The van der Waals surface area contributed by atoms with Crippen LogP contribution in [0.3, 0.4) is 0 Å². The summed E-state index contributed by atoms with van der Waals surface area (Å²) in [5, 5.41) is 10.5. The average molecular weight is 432 g/mol. The van der Waals surface area contributed by atoms with Crippen molar-refractivity contribution in [1.82, 2.24) is 14.7 Å². The molecule has 174 valence electrons. The molecule has 0 aliphatic carbocycles. The molecule has 1 aromatic carbocycles. The molecule has 2 fully saturated rings. The molecule has 1 N–H and O–H groups in total. The van der Waals surface area contributed by atoms with Crippen LogP contribution in [0.25, 0.3) is 0 Å². The molecule has 6 nitrogen and oxygen atoms in total. The number of piperidine rings is 1. The highest BCUT2D eigenvalue weighted by Gasteiger charge is 2.39. The second-order valence-corrected chi connectivity index (χ2v) is 10.8. The largest absolute Gasteiger partial charge is 0.444 e. The molecular weight excluding hydrogens is 390 g/mol. The van der Waals surface area contributed by atoms with Gasteiger partial charge in [0.05, 0.1) is 5.60 Å². The fourth-order valence-corrected chi connectivity index (χ4v) is 4.88. The Morgan fingerprint density at radius 2 is 1.81 bits per heavy atom. The molecule has 3 rings (SSSR count). The van der Waals surface area contributed by atoms with Crippen molar-refractivity contribution in [2.24, 2.45) is 0 Å². The zero-order valence-electron chi connectivity index (χ0n) is 20.2. The summed E-state index contributed by atoms with van der Waals surface area (Å²) >= 11 is 0. The molecule has 1 amide bonds. The lowest BCUT2D eigenvalue weighted by Gasteiger charge is -2.49. The minimum atomic E-state index is -0.580. The van der Waals surface area contributed by atoms with Gasteiger partial charge in [0.2, 0.25) is 0 Å². The summed E-state index contributed by atoms with van der Waals surface area (Å²) < 4.78 is 5.71. The molecule has 0 saturated carbocycles. The van der Waals surface area contributed by atoms with Gasteiger partial charge < -0.3 is 14.7 Å². The summed E-state index contributed by atoms with van der Waals surface area (Å²) in [7, 11) is 0. The molecule has 2 saturated heterocycles. The van der Waals surface area contributed by atoms with Crippen LogP contribution in [0.4, 0.5) is 4.79 Å². The van der Waals surface area contributed by atoms with Crippen LogP contribution >= 0.6 is 0 Å². The maximum absolute atomic E-state index is 12.9. The smallest absolute Gasteiger partial charge is 0.410 e. The van der Waals surface area contributed by atoms with E-state index < -0.39 is 11.2 Å². The predicted octanol–water partition coefficient (Wildman–Crippen LogP) is 3.73. The second-order valence-electron chi connectivity index (χ2n) is 10.8. The van der Waals surface area contributed by atoms with E-state index in [0.717, 1.165) is 39.0 Å². The normalized spacial score (nSPS) is 30.9. The molecule has 2 aliphatic rings. The lowest BCUT2D eigenvalue weighted by molar-refractivity contribution is -0.0506. The summed E-state index contributed by atoms with van der Waals surface area (Å²) in [6, 6.07) is 11.2. The third-order valence-corrected chi connectivity index (χ3v) is 6.55. The molecule has 1 unspecified atom stereocenters. The minimum Gasteiger partial charge on any atom is -0.444 e. The number of hydrogen-bond donors (Lipinski definition) is 1. The van der Waals surface area contributed by atoms with Crippen molar-refractivity contribution < 1.29 is 14.6 Å². The molecule has 0 aromatic heterocycles. The monoisotopic (exact) mass is 431 g/mol. The van der Waals surface area contributed by atoms with Gasteiger partial charge in [-0.3, -0.25) is 9.80 Å². The van der Waals surface area contributed by atoms with E-state index in [0.29, 0.717) is 12.6 Å². The molecule has 0 radical (unpaired) electrons. The third-order valence-electron chi connectivity index (χ3n) is 6.55. The summed E-state index contributed by atoms with van der Waals surface area (Å²) in [5.74, 6) is 0. The van der Waals surface area contributed by atoms with Gasteiger partial charge in [0.1, 0.15) is 5.60 Å². The lowest BCUT2D eigenvalue weighted by Crippen LogP contribution is -2.63. The van der Waals surface area contributed by atoms with Gasteiger partial charge in [-0.2, -0.15) is 0 Å². The topological polar surface area (TPSA) is 56.3 Å². The van der Waals surface area contributed by atoms with E-state index in [-0.39, 0.29) is 18.2 Å². The predicted molar refractivity (Wildman–Crippen MR) is 124 cm³/mol. The molecule has 1 aromatic rings. The maximum Gasteiger partial charge on any atom is 0.410 e. The Kier molecular flexibility index (Phi) is 7.34. The quantitative estimate of drug-likeness (QED) is 0.787. The van der Waals surface area contributed by atoms with Gasteiger partial charge in [-0.1, -0.05) is 30.3 Å². The molecule has 0 spiro atoms. The molecule has 0 bridgehead atoms. The first kappa shape index (κ1) is 24.0. The van der Waals surface area contributed by atoms with Gasteiger partial charge in [-0.05, 0) is 59.9 Å². The van der Waals surface area contributed by atoms with Gasteiger partial charge in [0.25, 0.3) is 0 Å². The number of ether oxygens (including phenoxy) is 1. The number of carbonyl (C=O) groups is 1. The van der Waals surface area contributed by atoms with Crippen LogP contribution < -0.4 is 0 Å². The van der Waals surface area contributed by atoms with E-state index in [1.807, 2.05) is 38.7 Å². The van der Waals surface area contributed by atoms with Crippen LogP contribution in [0.1, 0.15) is 59.9 Å². The van der Waals surface area contributed by atoms with Crippen LogP contribution in [0.2, 0.25) is 0 Å². The first-order valence-corrected chi connectivity index (χ1v) is 11.7. The molecule has 31 heavy (non-hydrogen) atoms. The Morgan fingerprint density at radius 1 is 1.13 bits per heavy atom. The van der Waals surface area contributed by atoms with Crippen molar-refractivity contribution in [2.45, 2.75) is 90.3 Å². The van der Waals surface area contributed by atoms with Crippen LogP contribution in [-0.4, -0.2) is 81.4 Å². The highest BCUT2D eigenvalue weighted by atomic mass is 16.6. The van der Waals surface area contributed by atoms with E-state index in [1.165, 1.54) is 5.56 Å². The van der Waals surface area contributed by atoms with Crippen molar-refractivity contribution in [3.63, 3.8) is 0 Å². The van der Waals surface area contributed by atoms with Crippen molar-refractivity contribution in [3.05, 3.63) is 35.9 Å². The lowest BCUT2D eigenvalue weighted by atomic mass is 9.88. The van der Waals surface area contributed by atoms with Crippen molar-refractivity contribution in [3.8, 4) is 0 Å². The molecule has 4 atom stereocenters. The van der Waals surface area contributed by atoms with Crippen LogP contribution in [0.5, 0.6) is 0 Å². The number of likely N-dealkylation sites (tertiary alicyclic amines) is 1. The number of nitrogens with zero attached hydrogens (tertiary/aromatic N) is 3. The summed E-state index contributed by atoms with van der Waals surface area (Å²) in [5.41, 5.74) is 0.212. The summed E-state index contributed by atoms with van der Waals surface area (Å²) in [6.07, 6.45) is 1.35. The van der Waals surface area contributed by atoms with E-state index >= 15 is 0 Å². The molecule has 6 heteroatoms. The molecule has 2 heterocycles. The summed E-state index contributed by atoms with van der Waals surface area (Å²) in [6.45, 7) is 16.1. The average Bonchev–Trinajstić information content (AvgIpc) is 2.64. The first-order valence-electron chi connectivity index (χ1n) is 11.7. The third kappa shape index (κ3) is 6.67. The zero-order valence-corrected chi connectivity index (χ0v) is 20.2. The summed E-state index contributed by atoms with van der Waals surface area (Å²) in [4.78, 5) is 19.8. The highest BCUT2D eigenvalue weighted by Crippen LogP contribution is 2.28. The second kappa shape index (κ2) is 9.47. The number of piperazine rings is 1. The number of carbonyl (C=O) groups excluding carboxylic acids is 1. The fourth-order valence-electron chi connectivity index (χ4n) is 4.88. The van der Waals surface area contributed by atoms with Crippen LogP contribution in [-0.2, 0) is 11.3 Å². The van der Waals surface area contributed by atoms with Gasteiger partial charge in [0, 0.05) is 50.8 Å². The number of aliphatic hydroxyl groups is 1. The first-order chi connectivity index (χ1) is 14.4. The Labute approximate surface area is 188 Å². The van der Waals surface area contributed by atoms with E-state index in [2.05, 4.69) is 47.9 Å². The molecular formula is C25H41N3O3. The fraction of sp³-hybridized carbons (Fsp3) is 0.720. The Bertz CT molecular complexity index is 731. The van der Waals surface area contributed by atoms with E-state index in [9.17, 15) is 9.90 Å². The SMILES string of the molecule is C[C@@H]1CC(C)(O)CCN1C[C@H]1CN(C(=O)OC(C)(C)C)[C@H](C)CN1Cc1ccccc1. The van der Waals surface area contributed by atoms with Crippen LogP contribution in [0.15, 0.2) is 30.3 Å². The number of hydrogen-bond acceptors (Lipinski definition) is 5. The van der Waals surface area contributed by atoms with Crippen LogP contribution in [0, 0.1) is 0 Å². The number of amides is 1. The Morgan fingerprint density at radius 3 is 2.42 bits per heavy atom. The highest BCUT2D eigenvalue weighted by molar-refractivity contribution is 5.68. The molecule has 2 aliphatic heterocycles. The van der Waals surface area contributed by atoms with E-state index in [4.69, 9.17) is 4.74 Å².